The molecule has 0 aliphatic heterocycles. The Bertz CT molecular complexity index is 1040. The number of sulfone groups is 1. The summed E-state index contributed by atoms with van der Waals surface area (Å²) in [6.45, 7) is 0. The minimum atomic E-state index is -3.70. The highest BCUT2D eigenvalue weighted by molar-refractivity contribution is 7.91. The maximum absolute atomic E-state index is 13.0. The first-order valence-corrected chi connectivity index (χ1v) is 11.9. The molecule has 1 saturated carbocycles. The minimum Gasteiger partial charge on any atom is -0.335 e. The predicted molar refractivity (Wildman–Crippen MR) is 111 cm³/mol. The molecule has 1 aromatic carbocycles. The molecule has 1 fully saturated rings. The number of thiazole rings is 1. The summed E-state index contributed by atoms with van der Waals surface area (Å²) in [7, 11) is -3.70. The van der Waals surface area contributed by atoms with Crippen molar-refractivity contribution in [2.75, 3.05) is 5.32 Å². The van der Waals surface area contributed by atoms with Crippen LogP contribution >= 0.6 is 11.3 Å². The molecule has 1 aliphatic carbocycles. The number of benzene rings is 1. The average Bonchev–Trinajstić information content (AvgIpc) is 3.50. The lowest BCUT2D eigenvalue weighted by Crippen LogP contribution is -2.23. The van der Waals surface area contributed by atoms with Gasteiger partial charge in [-0.2, -0.15) is 0 Å². The summed E-state index contributed by atoms with van der Waals surface area (Å²) in [6.07, 6.45) is 9.95. The number of anilines is 1. The van der Waals surface area contributed by atoms with E-state index in [0.29, 0.717) is 11.0 Å². The molecule has 0 bridgehead atoms. The maximum atomic E-state index is 13.0. The molecule has 2 aromatic heterocycles. The highest BCUT2D eigenvalue weighted by Gasteiger charge is 2.28. The number of hydrogen-bond donors (Lipinski definition) is 2. The Morgan fingerprint density at radius 1 is 1.17 bits per heavy atom. The molecule has 9 heteroatoms. The van der Waals surface area contributed by atoms with E-state index >= 15 is 0 Å². The number of rotatable bonds is 7. The quantitative estimate of drug-likeness (QED) is 0.589. The third-order valence-corrected chi connectivity index (χ3v) is 7.66. The second-order valence-corrected chi connectivity index (χ2v) is 9.99. The van der Waals surface area contributed by atoms with Crippen LogP contribution < -0.4 is 5.32 Å². The summed E-state index contributed by atoms with van der Waals surface area (Å²) in [4.78, 5) is 23.8. The molecule has 4 rings (SSSR count). The van der Waals surface area contributed by atoms with Crippen molar-refractivity contribution in [3.05, 3.63) is 53.8 Å². The monoisotopic (exact) mass is 430 g/mol. The lowest BCUT2D eigenvalue weighted by molar-refractivity contribution is -0.118. The molecule has 7 nitrogen and oxygen atoms in total. The fourth-order valence-corrected chi connectivity index (χ4v) is 5.51. The van der Waals surface area contributed by atoms with Crippen LogP contribution in [0.2, 0.25) is 0 Å². The van der Waals surface area contributed by atoms with Gasteiger partial charge in [0.05, 0.1) is 10.8 Å². The summed E-state index contributed by atoms with van der Waals surface area (Å²) >= 11 is 1.38. The van der Waals surface area contributed by atoms with E-state index < -0.39 is 9.84 Å². The lowest BCUT2D eigenvalue weighted by atomic mass is 9.87. The molecule has 1 unspecified atom stereocenters. The fourth-order valence-electron chi connectivity index (χ4n) is 3.84. The zero-order valence-corrected chi connectivity index (χ0v) is 17.4. The van der Waals surface area contributed by atoms with Crippen LogP contribution in [0.5, 0.6) is 0 Å². The number of nitrogens with zero attached hydrogens (tertiary/aromatic N) is 2. The second-order valence-electron chi connectivity index (χ2n) is 7.23. The lowest BCUT2D eigenvalue weighted by Gasteiger charge is -2.20. The van der Waals surface area contributed by atoms with E-state index in [1.165, 1.54) is 36.6 Å². The molecular formula is C20H22N4O3S2. The Kier molecular flexibility index (Phi) is 5.77. The normalized spacial score (nSPS) is 16.0. The molecule has 152 valence electrons. The average molecular weight is 431 g/mol. The number of amides is 1. The number of carbonyl (C=O) groups is 1. The van der Waals surface area contributed by atoms with Crippen LogP contribution in [0.25, 0.3) is 0 Å². The minimum absolute atomic E-state index is 0.0886. The molecule has 0 radical (unpaired) electrons. The number of aromatic nitrogens is 3. The van der Waals surface area contributed by atoms with Crippen LogP contribution in [0, 0.1) is 5.92 Å². The number of H-pyrrole nitrogens is 1. The zero-order valence-electron chi connectivity index (χ0n) is 15.7. The van der Waals surface area contributed by atoms with Gasteiger partial charge in [0.2, 0.25) is 20.9 Å². The van der Waals surface area contributed by atoms with Gasteiger partial charge in [0, 0.05) is 24.0 Å². The van der Waals surface area contributed by atoms with Crippen molar-refractivity contribution in [3.63, 3.8) is 0 Å². The molecule has 3 aromatic rings. The van der Waals surface area contributed by atoms with Gasteiger partial charge >= 0.3 is 0 Å². The molecule has 1 amide bonds. The first-order valence-electron chi connectivity index (χ1n) is 9.59. The van der Waals surface area contributed by atoms with Crippen LogP contribution in [0.3, 0.4) is 0 Å². The Labute approximate surface area is 173 Å². The van der Waals surface area contributed by atoms with E-state index in [2.05, 4.69) is 20.3 Å². The van der Waals surface area contributed by atoms with Crippen molar-refractivity contribution >= 4 is 32.2 Å². The van der Waals surface area contributed by atoms with E-state index in [1.807, 2.05) is 5.38 Å². The van der Waals surface area contributed by atoms with Gasteiger partial charge in [0.25, 0.3) is 0 Å². The van der Waals surface area contributed by atoms with Gasteiger partial charge < -0.3 is 10.3 Å². The third kappa shape index (κ3) is 4.40. The van der Waals surface area contributed by atoms with Crippen molar-refractivity contribution in [2.24, 2.45) is 5.92 Å². The number of carbonyl (C=O) groups excluding carboxylic acids is 1. The molecular weight excluding hydrogens is 408 g/mol. The Morgan fingerprint density at radius 3 is 2.55 bits per heavy atom. The smallest absolute Gasteiger partial charge is 0.239 e. The van der Waals surface area contributed by atoms with Gasteiger partial charge in [-0.1, -0.05) is 37.8 Å². The first-order chi connectivity index (χ1) is 14.0. The topological polar surface area (TPSA) is 105 Å². The van der Waals surface area contributed by atoms with Gasteiger partial charge in [0.1, 0.15) is 0 Å². The largest absolute Gasteiger partial charge is 0.335 e. The highest BCUT2D eigenvalue weighted by atomic mass is 32.2. The van der Waals surface area contributed by atoms with E-state index in [4.69, 9.17) is 0 Å². The van der Waals surface area contributed by atoms with E-state index in [-0.39, 0.29) is 21.9 Å². The van der Waals surface area contributed by atoms with E-state index in [1.54, 1.807) is 30.5 Å². The fraction of sp³-hybridized carbons (Fsp3) is 0.350. The van der Waals surface area contributed by atoms with E-state index in [9.17, 15) is 13.2 Å². The van der Waals surface area contributed by atoms with Gasteiger partial charge in [-0.3, -0.25) is 4.79 Å². The summed E-state index contributed by atoms with van der Waals surface area (Å²) in [5.41, 5.74) is 0.810. The molecule has 0 spiro atoms. The molecule has 1 atom stereocenters. The van der Waals surface area contributed by atoms with Crippen molar-refractivity contribution in [1.82, 2.24) is 15.0 Å². The Morgan fingerprint density at radius 2 is 1.93 bits per heavy atom. The van der Waals surface area contributed by atoms with E-state index in [0.717, 1.165) is 24.8 Å². The van der Waals surface area contributed by atoms with Gasteiger partial charge in [-0.15, -0.1) is 11.3 Å². The van der Waals surface area contributed by atoms with Crippen LogP contribution in [-0.2, 0) is 14.6 Å². The number of nitrogens with one attached hydrogen (secondary N) is 2. The molecule has 0 saturated heterocycles. The van der Waals surface area contributed by atoms with Gasteiger partial charge in [-0.25, -0.2) is 18.4 Å². The van der Waals surface area contributed by atoms with Crippen LogP contribution in [-0.4, -0.2) is 29.3 Å². The predicted octanol–water partition coefficient (Wildman–Crippen LogP) is 4.00. The van der Waals surface area contributed by atoms with Gasteiger partial charge in [-0.05, 0) is 30.0 Å². The second kappa shape index (κ2) is 8.46. The SMILES string of the molecule is O=C(Nc1nccs1)C(CC1CCCC1)c1ccc(S(=O)(=O)c2ncc[nH]2)cc1. The molecule has 29 heavy (non-hydrogen) atoms. The molecule has 1 aliphatic rings. The highest BCUT2D eigenvalue weighted by Crippen LogP contribution is 2.35. The summed E-state index contributed by atoms with van der Waals surface area (Å²) in [6, 6.07) is 6.56. The van der Waals surface area contributed by atoms with Crippen LogP contribution in [0.1, 0.15) is 43.6 Å². The molecule has 2 N–H and O–H groups in total. The summed E-state index contributed by atoms with van der Waals surface area (Å²) in [5, 5.41) is 5.20. The molecule has 2 heterocycles. The van der Waals surface area contributed by atoms with Crippen molar-refractivity contribution in [3.8, 4) is 0 Å². The van der Waals surface area contributed by atoms with Crippen molar-refractivity contribution < 1.29 is 13.2 Å². The van der Waals surface area contributed by atoms with Crippen molar-refractivity contribution in [2.45, 2.75) is 48.1 Å². The first kappa shape index (κ1) is 19.8. The maximum Gasteiger partial charge on any atom is 0.239 e. The van der Waals surface area contributed by atoms with Crippen LogP contribution in [0.4, 0.5) is 5.13 Å². The third-order valence-electron chi connectivity index (χ3n) is 5.34. The zero-order chi connectivity index (χ0) is 20.3. The Hall–Kier alpha value is -2.52. The number of hydrogen-bond acceptors (Lipinski definition) is 6. The number of imidazole rings is 1. The standard InChI is InChI=1S/C20H22N4O3S2/c25-18(24-19-21-11-12-28-19)17(13-14-3-1-2-4-14)15-5-7-16(8-6-15)29(26,27)20-22-9-10-23-20/h5-12,14,17H,1-4,13H2,(H,22,23)(H,21,24,25). The summed E-state index contributed by atoms with van der Waals surface area (Å²) in [5.74, 6) is 0.0597. The number of aromatic amines is 1. The Balaban J connectivity index is 1.58. The summed E-state index contributed by atoms with van der Waals surface area (Å²) < 4.78 is 25.2. The van der Waals surface area contributed by atoms with Gasteiger partial charge in [0.15, 0.2) is 5.13 Å². The van der Waals surface area contributed by atoms with Crippen LogP contribution in [0.15, 0.2) is 58.3 Å². The van der Waals surface area contributed by atoms with Crippen molar-refractivity contribution in [1.29, 1.82) is 0 Å².